The van der Waals surface area contributed by atoms with E-state index in [2.05, 4.69) is 10.6 Å². The van der Waals surface area contributed by atoms with E-state index in [0.717, 1.165) is 19.4 Å². The highest BCUT2D eigenvalue weighted by Gasteiger charge is 2.23. The Kier molecular flexibility index (Phi) is 4.46. The van der Waals surface area contributed by atoms with Crippen molar-refractivity contribution in [2.75, 3.05) is 19.0 Å². The van der Waals surface area contributed by atoms with Crippen LogP contribution in [0.25, 0.3) is 0 Å². The minimum Gasteiger partial charge on any atom is -0.496 e. The number of anilines is 1. The van der Waals surface area contributed by atoms with Crippen molar-refractivity contribution in [2.24, 2.45) is 0 Å². The molecule has 2 rings (SSSR count). The molecule has 1 unspecified atom stereocenters. The Morgan fingerprint density at radius 2 is 2.25 bits per heavy atom. The van der Waals surface area contributed by atoms with E-state index < -0.39 is 5.97 Å². The lowest BCUT2D eigenvalue weighted by Gasteiger charge is -2.14. The van der Waals surface area contributed by atoms with Gasteiger partial charge >= 0.3 is 5.97 Å². The summed E-state index contributed by atoms with van der Waals surface area (Å²) in [5, 5.41) is 15.0. The molecule has 1 atom stereocenters. The number of methoxy groups -OCH3 is 1. The molecule has 0 spiro atoms. The van der Waals surface area contributed by atoms with Crippen molar-refractivity contribution in [3.63, 3.8) is 0 Å². The Hall–Kier alpha value is -1.79. The molecular weight excluding hydrogens is 284 g/mol. The van der Waals surface area contributed by atoms with E-state index in [0.29, 0.717) is 5.69 Å². The number of carboxylic acids is 1. The molecule has 1 aliphatic heterocycles. The van der Waals surface area contributed by atoms with Crippen LogP contribution in [0, 0.1) is 0 Å². The van der Waals surface area contributed by atoms with Gasteiger partial charge in [-0.15, -0.1) is 0 Å². The number of hydrogen-bond acceptors (Lipinski definition) is 4. The van der Waals surface area contributed by atoms with Gasteiger partial charge in [0.05, 0.1) is 23.9 Å². The minimum atomic E-state index is -1.14. The molecule has 108 valence electrons. The number of carbonyl (C=O) groups excluding carboxylic acids is 1. The highest BCUT2D eigenvalue weighted by Crippen LogP contribution is 2.31. The molecular formula is C13H15ClN2O4. The average molecular weight is 299 g/mol. The minimum absolute atomic E-state index is 0.0468. The molecule has 20 heavy (non-hydrogen) atoms. The number of ether oxygens (including phenoxy) is 1. The molecule has 1 aromatic carbocycles. The van der Waals surface area contributed by atoms with Crippen molar-refractivity contribution in [3.05, 3.63) is 22.7 Å². The first-order chi connectivity index (χ1) is 9.52. The molecule has 1 aliphatic rings. The van der Waals surface area contributed by atoms with Crippen LogP contribution >= 0.6 is 11.6 Å². The van der Waals surface area contributed by atoms with Crippen LogP contribution in [0.4, 0.5) is 5.69 Å². The van der Waals surface area contributed by atoms with Crippen LogP contribution in [-0.2, 0) is 4.79 Å². The van der Waals surface area contributed by atoms with Gasteiger partial charge in [0.2, 0.25) is 5.91 Å². The fraction of sp³-hybridized carbons (Fsp3) is 0.385. The number of benzene rings is 1. The molecule has 0 aliphatic carbocycles. The van der Waals surface area contributed by atoms with E-state index in [1.54, 1.807) is 0 Å². The largest absolute Gasteiger partial charge is 0.496 e. The lowest BCUT2D eigenvalue weighted by molar-refractivity contribution is -0.117. The van der Waals surface area contributed by atoms with Crippen LogP contribution in [0.1, 0.15) is 23.2 Å². The lowest BCUT2D eigenvalue weighted by atomic mass is 10.1. The standard InChI is InChI=1S/C13H15ClN2O4/c1-20-11-6-10(8(14)5-7(11)13(18)19)16-12(17)9-3-2-4-15-9/h5-6,9,15H,2-4H2,1H3,(H,16,17)(H,18,19). The molecule has 1 amide bonds. The molecule has 0 aromatic heterocycles. The molecule has 0 bridgehead atoms. The molecule has 6 nitrogen and oxygen atoms in total. The van der Waals surface area contributed by atoms with Gasteiger partial charge in [-0.3, -0.25) is 4.79 Å². The van der Waals surface area contributed by atoms with Crippen molar-refractivity contribution < 1.29 is 19.4 Å². The maximum Gasteiger partial charge on any atom is 0.339 e. The normalized spacial score (nSPS) is 17.8. The quantitative estimate of drug-likeness (QED) is 0.788. The fourth-order valence-corrected chi connectivity index (χ4v) is 2.32. The summed E-state index contributed by atoms with van der Waals surface area (Å²) in [4.78, 5) is 23.0. The summed E-state index contributed by atoms with van der Waals surface area (Å²) in [6.45, 7) is 0.813. The molecule has 7 heteroatoms. The number of nitrogens with one attached hydrogen (secondary N) is 2. The topological polar surface area (TPSA) is 87.7 Å². The first-order valence-electron chi connectivity index (χ1n) is 6.18. The number of carbonyl (C=O) groups is 2. The third-order valence-electron chi connectivity index (χ3n) is 3.15. The predicted octanol–water partition coefficient (Wildman–Crippen LogP) is 1.74. The summed E-state index contributed by atoms with van der Waals surface area (Å²) in [5.41, 5.74) is 0.293. The summed E-state index contributed by atoms with van der Waals surface area (Å²) < 4.78 is 5.00. The summed E-state index contributed by atoms with van der Waals surface area (Å²) in [6.07, 6.45) is 1.72. The average Bonchev–Trinajstić information content (AvgIpc) is 2.94. The van der Waals surface area contributed by atoms with Gasteiger partial charge in [0.1, 0.15) is 11.3 Å². The van der Waals surface area contributed by atoms with E-state index in [1.165, 1.54) is 19.2 Å². The summed E-state index contributed by atoms with van der Waals surface area (Å²) in [7, 11) is 1.36. The second-order valence-corrected chi connectivity index (χ2v) is 4.88. The van der Waals surface area contributed by atoms with Crippen molar-refractivity contribution >= 4 is 29.2 Å². The Balaban J connectivity index is 2.23. The number of hydrogen-bond donors (Lipinski definition) is 3. The Morgan fingerprint density at radius 1 is 1.50 bits per heavy atom. The van der Waals surface area contributed by atoms with Gasteiger partial charge in [0, 0.05) is 6.07 Å². The van der Waals surface area contributed by atoms with Crippen molar-refractivity contribution in [3.8, 4) is 5.75 Å². The number of carboxylic acid groups (broad SMARTS) is 1. The van der Waals surface area contributed by atoms with Crippen LogP contribution < -0.4 is 15.4 Å². The molecule has 1 fully saturated rings. The molecule has 0 radical (unpaired) electrons. The Bertz CT molecular complexity index is 541. The fourth-order valence-electron chi connectivity index (χ4n) is 2.11. The zero-order chi connectivity index (χ0) is 14.7. The first-order valence-corrected chi connectivity index (χ1v) is 6.56. The number of aromatic carboxylic acids is 1. The molecule has 1 heterocycles. The zero-order valence-electron chi connectivity index (χ0n) is 10.9. The van der Waals surface area contributed by atoms with E-state index in [-0.39, 0.29) is 28.3 Å². The summed E-state index contributed by atoms with van der Waals surface area (Å²) >= 11 is 6.00. The van der Waals surface area contributed by atoms with Gasteiger partial charge in [-0.1, -0.05) is 11.6 Å². The second-order valence-electron chi connectivity index (χ2n) is 4.48. The van der Waals surface area contributed by atoms with Crippen LogP contribution in [0.5, 0.6) is 5.75 Å². The lowest BCUT2D eigenvalue weighted by Crippen LogP contribution is -2.35. The molecule has 1 saturated heterocycles. The maximum absolute atomic E-state index is 12.0. The van der Waals surface area contributed by atoms with Crippen molar-refractivity contribution in [2.45, 2.75) is 18.9 Å². The van der Waals surface area contributed by atoms with Gasteiger partial charge in [0.15, 0.2) is 0 Å². The highest BCUT2D eigenvalue weighted by molar-refractivity contribution is 6.34. The van der Waals surface area contributed by atoms with Crippen LogP contribution in [0.15, 0.2) is 12.1 Å². The predicted molar refractivity (Wildman–Crippen MR) is 74.6 cm³/mol. The smallest absolute Gasteiger partial charge is 0.339 e. The van der Waals surface area contributed by atoms with Gasteiger partial charge in [-0.25, -0.2) is 4.79 Å². The van der Waals surface area contributed by atoms with Gasteiger partial charge < -0.3 is 20.5 Å². The third-order valence-corrected chi connectivity index (χ3v) is 3.47. The number of amides is 1. The Labute approximate surface area is 121 Å². The van der Waals surface area contributed by atoms with Gasteiger partial charge in [-0.05, 0) is 25.5 Å². The van der Waals surface area contributed by atoms with Gasteiger partial charge in [-0.2, -0.15) is 0 Å². The van der Waals surface area contributed by atoms with Crippen molar-refractivity contribution in [1.29, 1.82) is 0 Å². The zero-order valence-corrected chi connectivity index (χ0v) is 11.7. The summed E-state index contributed by atoms with van der Waals surface area (Å²) in [6, 6.07) is 2.44. The maximum atomic E-state index is 12.0. The third kappa shape index (κ3) is 3.02. The second kappa shape index (κ2) is 6.11. The van der Waals surface area contributed by atoms with Crippen LogP contribution in [0.3, 0.4) is 0 Å². The van der Waals surface area contributed by atoms with Crippen LogP contribution in [-0.4, -0.2) is 36.7 Å². The molecule has 3 N–H and O–H groups in total. The van der Waals surface area contributed by atoms with E-state index >= 15 is 0 Å². The Morgan fingerprint density at radius 3 is 2.80 bits per heavy atom. The monoisotopic (exact) mass is 298 g/mol. The van der Waals surface area contributed by atoms with E-state index in [4.69, 9.17) is 21.4 Å². The number of rotatable bonds is 4. The van der Waals surface area contributed by atoms with Crippen molar-refractivity contribution in [1.82, 2.24) is 5.32 Å². The van der Waals surface area contributed by atoms with Crippen LogP contribution in [0.2, 0.25) is 5.02 Å². The van der Waals surface area contributed by atoms with E-state index in [9.17, 15) is 9.59 Å². The van der Waals surface area contributed by atoms with E-state index in [1.807, 2.05) is 0 Å². The summed E-state index contributed by atoms with van der Waals surface area (Å²) in [5.74, 6) is -1.18. The molecule has 0 saturated carbocycles. The highest BCUT2D eigenvalue weighted by atomic mass is 35.5. The van der Waals surface area contributed by atoms with Gasteiger partial charge in [0.25, 0.3) is 0 Å². The molecule has 1 aromatic rings. The number of halogens is 1. The SMILES string of the molecule is COc1cc(NC(=O)C2CCCN2)c(Cl)cc1C(=O)O. The first kappa shape index (κ1) is 14.6.